The highest BCUT2D eigenvalue weighted by Crippen LogP contribution is 2.39. The highest BCUT2D eigenvalue weighted by Gasteiger charge is 2.42. The lowest BCUT2D eigenvalue weighted by Crippen LogP contribution is -2.46. The number of fused-ring (bicyclic) bond motifs is 1. The third-order valence-corrected chi connectivity index (χ3v) is 7.42. The fourth-order valence-electron chi connectivity index (χ4n) is 5.65. The van der Waals surface area contributed by atoms with Crippen molar-refractivity contribution in [3.05, 3.63) is 41.2 Å². The van der Waals surface area contributed by atoms with Gasteiger partial charge in [0.15, 0.2) is 11.5 Å². The van der Waals surface area contributed by atoms with E-state index < -0.39 is 0 Å². The van der Waals surface area contributed by atoms with Crippen molar-refractivity contribution < 1.29 is 19.0 Å². The molecule has 1 amide bonds. The fraction of sp³-hybridized carbons (Fsp3) is 0.615. The molecule has 184 valence electrons. The molecule has 8 nitrogen and oxygen atoms in total. The molecule has 1 spiro atoms. The lowest BCUT2D eigenvalue weighted by molar-refractivity contribution is -0.0766. The van der Waals surface area contributed by atoms with Crippen LogP contribution in [0.1, 0.15) is 54.4 Å². The van der Waals surface area contributed by atoms with Crippen LogP contribution >= 0.6 is 0 Å². The smallest absolute Gasteiger partial charge is 0.269 e. The van der Waals surface area contributed by atoms with Crippen LogP contribution in [0, 0.1) is 12.8 Å². The third kappa shape index (κ3) is 5.08. The van der Waals surface area contributed by atoms with Crippen molar-refractivity contribution in [3.63, 3.8) is 0 Å². The molecule has 2 fully saturated rings. The zero-order chi connectivity index (χ0) is 23.7. The zero-order valence-electron chi connectivity index (χ0n) is 20.5. The van der Waals surface area contributed by atoms with Crippen LogP contribution in [-0.2, 0) is 18.2 Å². The summed E-state index contributed by atoms with van der Waals surface area (Å²) in [6.07, 6.45) is 5.34. The van der Waals surface area contributed by atoms with Gasteiger partial charge in [-0.15, -0.1) is 0 Å². The van der Waals surface area contributed by atoms with E-state index in [-0.39, 0.29) is 17.6 Å². The molecule has 1 N–H and O–H groups in total. The fourth-order valence-corrected chi connectivity index (χ4v) is 5.65. The van der Waals surface area contributed by atoms with Gasteiger partial charge in [-0.2, -0.15) is 5.10 Å². The van der Waals surface area contributed by atoms with Gasteiger partial charge in [0.2, 0.25) is 6.79 Å². The summed E-state index contributed by atoms with van der Waals surface area (Å²) >= 11 is 0. The number of amides is 1. The van der Waals surface area contributed by atoms with Crippen LogP contribution in [0.4, 0.5) is 0 Å². The largest absolute Gasteiger partial charge is 0.454 e. The first-order valence-corrected chi connectivity index (χ1v) is 12.5. The van der Waals surface area contributed by atoms with Gasteiger partial charge in [-0.1, -0.05) is 13.0 Å². The Hall–Kier alpha value is -2.58. The Morgan fingerprint density at radius 1 is 1.21 bits per heavy atom. The Bertz CT molecular complexity index is 1030. The van der Waals surface area contributed by atoms with Gasteiger partial charge in [-0.3, -0.25) is 9.48 Å². The van der Waals surface area contributed by atoms with Gasteiger partial charge >= 0.3 is 0 Å². The maximum Gasteiger partial charge on any atom is 0.269 e. The topological polar surface area (TPSA) is 77.9 Å². The molecular formula is C26H36N4O4. The Morgan fingerprint density at radius 3 is 2.76 bits per heavy atom. The van der Waals surface area contributed by atoms with Gasteiger partial charge in [-0.25, -0.2) is 0 Å². The second kappa shape index (κ2) is 9.58. The van der Waals surface area contributed by atoms with Gasteiger partial charge < -0.3 is 24.4 Å². The number of benzene rings is 1. The number of rotatable bonds is 7. The molecule has 1 aromatic carbocycles. The molecule has 0 radical (unpaired) electrons. The van der Waals surface area contributed by atoms with Crippen LogP contribution in [0.15, 0.2) is 24.3 Å². The summed E-state index contributed by atoms with van der Waals surface area (Å²) in [6.45, 7) is 8.32. The molecule has 8 heteroatoms. The predicted octanol–water partition coefficient (Wildman–Crippen LogP) is 3.08. The van der Waals surface area contributed by atoms with Gasteiger partial charge in [0.25, 0.3) is 5.91 Å². The van der Waals surface area contributed by atoms with Gasteiger partial charge in [0, 0.05) is 33.2 Å². The molecule has 1 aromatic heterocycles. The van der Waals surface area contributed by atoms with Crippen LogP contribution in [0.3, 0.4) is 0 Å². The molecule has 34 heavy (non-hydrogen) atoms. The summed E-state index contributed by atoms with van der Waals surface area (Å²) in [5.74, 6) is 2.19. The Balaban J connectivity index is 1.05. The average molecular weight is 469 g/mol. The van der Waals surface area contributed by atoms with Crippen molar-refractivity contribution in [2.24, 2.45) is 13.0 Å². The zero-order valence-corrected chi connectivity index (χ0v) is 20.5. The average Bonchev–Trinajstić information content (AvgIpc) is 3.52. The van der Waals surface area contributed by atoms with Crippen molar-refractivity contribution in [2.75, 3.05) is 33.0 Å². The number of nitrogens with zero attached hydrogens (tertiary/aromatic N) is 3. The van der Waals surface area contributed by atoms with Crippen LogP contribution in [-0.4, -0.2) is 65.3 Å². The minimum absolute atomic E-state index is 0.0183. The lowest BCUT2D eigenvalue weighted by Gasteiger charge is -2.40. The first kappa shape index (κ1) is 23.2. The van der Waals surface area contributed by atoms with Gasteiger partial charge in [0.05, 0.1) is 17.4 Å². The number of aromatic nitrogens is 2. The van der Waals surface area contributed by atoms with Crippen LogP contribution in [0.25, 0.3) is 0 Å². The van der Waals surface area contributed by atoms with E-state index in [1.54, 1.807) is 11.7 Å². The molecule has 0 bridgehead atoms. The Kier molecular flexibility index (Phi) is 6.53. The molecule has 2 atom stereocenters. The van der Waals surface area contributed by atoms with E-state index >= 15 is 0 Å². The monoisotopic (exact) mass is 468 g/mol. The second-order valence-corrected chi connectivity index (χ2v) is 10.3. The third-order valence-electron chi connectivity index (χ3n) is 7.42. The number of hydrogen-bond acceptors (Lipinski definition) is 6. The van der Waals surface area contributed by atoms with E-state index in [1.165, 1.54) is 5.56 Å². The number of carbonyl (C=O) groups is 1. The standard InChI is InChI=1S/C26H36N4O4/c1-18(12-20-4-5-23-24(14-20)33-17-32-23)16-30-10-8-26(9-11-30)7-6-21(34-26)15-27-25(31)22-13-19(2)28-29(22)3/h4-5,13-14,18,21H,6-12,15-17H2,1-3H3,(H,27,31)/t18-,21-/m1/s1. The molecule has 0 unspecified atom stereocenters. The quantitative estimate of drug-likeness (QED) is 0.673. The molecule has 2 aromatic rings. The highest BCUT2D eigenvalue weighted by atomic mass is 16.7. The number of carbonyl (C=O) groups excluding carboxylic acids is 1. The van der Waals surface area contributed by atoms with Crippen LogP contribution < -0.4 is 14.8 Å². The summed E-state index contributed by atoms with van der Waals surface area (Å²) in [5.41, 5.74) is 2.72. The second-order valence-electron chi connectivity index (χ2n) is 10.3. The van der Waals surface area contributed by atoms with Crippen molar-refractivity contribution in [3.8, 4) is 11.5 Å². The molecule has 5 rings (SSSR count). The summed E-state index contributed by atoms with van der Waals surface area (Å²) in [6, 6.07) is 8.10. The minimum atomic E-state index is -0.0843. The Labute approximate surface area is 201 Å². The van der Waals surface area contributed by atoms with Crippen molar-refractivity contribution >= 4 is 5.91 Å². The normalized spacial score (nSPS) is 22.3. The van der Waals surface area contributed by atoms with Crippen LogP contribution in [0.5, 0.6) is 11.5 Å². The number of likely N-dealkylation sites (tertiary alicyclic amines) is 1. The van der Waals surface area contributed by atoms with Crippen molar-refractivity contribution in [2.45, 2.75) is 57.7 Å². The first-order chi connectivity index (χ1) is 16.4. The number of piperidine rings is 1. The maximum absolute atomic E-state index is 12.5. The molecule has 3 aliphatic rings. The molecule has 3 aliphatic heterocycles. The van der Waals surface area contributed by atoms with Crippen molar-refractivity contribution in [1.29, 1.82) is 0 Å². The highest BCUT2D eigenvalue weighted by molar-refractivity contribution is 5.92. The van der Waals surface area contributed by atoms with E-state index in [0.717, 1.165) is 68.9 Å². The SMILES string of the molecule is Cc1cc(C(=O)NC[C@H]2CCC3(CCN(C[C@H](C)Cc4ccc5c(c4)OCO5)CC3)O2)n(C)n1. The maximum atomic E-state index is 12.5. The molecule has 0 saturated carbocycles. The summed E-state index contributed by atoms with van der Waals surface area (Å²) in [5, 5.41) is 7.29. The van der Waals surface area contributed by atoms with E-state index in [2.05, 4.69) is 34.4 Å². The van der Waals surface area contributed by atoms with E-state index in [9.17, 15) is 4.79 Å². The minimum Gasteiger partial charge on any atom is -0.454 e. The molecular weight excluding hydrogens is 432 g/mol. The predicted molar refractivity (Wildman–Crippen MR) is 128 cm³/mol. The van der Waals surface area contributed by atoms with Gasteiger partial charge in [0.1, 0.15) is 5.69 Å². The van der Waals surface area contributed by atoms with E-state index in [4.69, 9.17) is 14.2 Å². The Morgan fingerprint density at radius 2 is 2.00 bits per heavy atom. The summed E-state index contributed by atoms with van der Waals surface area (Å²) in [4.78, 5) is 15.1. The van der Waals surface area contributed by atoms with Gasteiger partial charge in [-0.05, 0) is 68.7 Å². The number of aryl methyl sites for hydroxylation is 2. The van der Waals surface area contributed by atoms with E-state index in [0.29, 0.717) is 24.9 Å². The number of ether oxygens (including phenoxy) is 3. The van der Waals surface area contributed by atoms with E-state index in [1.807, 2.05) is 19.1 Å². The summed E-state index contributed by atoms with van der Waals surface area (Å²) < 4.78 is 19.1. The van der Waals surface area contributed by atoms with Crippen molar-refractivity contribution in [1.82, 2.24) is 20.0 Å². The number of nitrogens with one attached hydrogen (secondary N) is 1. The molecule has 4 heterocycles. The lowest BCUT2D eigenvalue weighted by atomic mass is 9.88. The molecule has 2 saturated heterocycles. The number of hydrogen-bond donors (Lipinski definition) is 1. The first-order valence-electron chi connectivity index (χ1n) is 12.5. The summed E-state index contributed by atoms with van der Waals surface area (Å²) in [7, 11) is 1.80. The van der Waals surface area contributed by atoms with Crippen LogP contribution in [0.2, 0.25) is 0 Å². The molecule has 0 aliphatic carbocycles.